The predicted octanol–water partition coefficient (Wildman–Crippen LogP) is 4.39. The Labute approximate surface area is 197 Å². The number of amides is 1. The number of carbonyl (C=O) groups excluding carboxylic acids is 2. The normalized spacial score (nSPS) is 20.9. The second-order valence-corrected chi connectivity index (χ2v) is 15.0. The lowest BCUT2D eigenvalue weighted by molar-refractivity contribution is -0.402. The van der Waals surface area contributed by atoms with Gasteiger partial charge in [-0.25, -0.2) is 0 Å². The number of hydrogen-bond donors (Lipinski definition) is 0. The molecule has 4 atom stereocenters. The van der Waals surface area contributed by atoms with E-state index in [0.29, 0.717) is 0 Å². The van der Waals surface area contributed by atoms with Crippen LogP contribution in [0.4, 0.5) is 0 Å². The number of ether oxygens (including phenoxy) is 1. The highest BCUT2D eigenvalue weighted by atomic mass is 28.4. The largest absolute Gasteiger partial charge is 0.459 e. The lowest BCUT2D eigenvalue weighted by atomic mass is 9.76. The first-order chi connectivity index (χ1) is 15.2. The maximum atomic E-state index is 13.1. The van der Waals surface area contributed by atoms with Crippen LogP contribution in [-0.2, 0) is 25.4 Å². The number of β-lactam (4-membered cyclic amide) rings is 1. The van der Waals surface area contributed by atoms with E-state index in [1.54, 1.807) is 0 Å². The highest BCUT2D eigenvalue weighted by Gasteiger charge is 2.54. The zero-order valence-electron chi connectivity index (χ0n) is 20.6. The summed E-state index contributed by atoms with van der Waals surface area (Å²) in [5, 5.41) is 10.8. The van der Waals surface area contributed by atoms with Crippen LogP contribution in [0.1, 0.15) is 40.2 Å². The fourth-order valence-electron chi connectivity index (χ4n) is 3.83. The van der Waals surface area contributed by atoms with E-state index < -0.39 is 31.2 Å². The molecule has 182 valence electrons. The van der Waals surface area contributed by atoms with Gasteiger partial charge in [0.05, 0.1) is 23.0 Å². The number of nitro groups is 1. The van der Waals surface area contributed by atoms with Gasteiger partial charge in [0, 0.05) is 5.92 Å². The van der Waals surface area contributed by atoms with Crippen molar-refractivity contribution >= 4 is 20.2 Å². The molecule has 0 saturated carbocycles. The summed E-state index contributed by atoms with van der Waals surface area (Å²) < 4.78 is 11.8. The zero-order valence-corrected chi connectivity index (χ0v) is 21.6. The average Bonchev–Trinajstić information content (AvgIpc) is 2.71. The third kappa shape index (κ3) is 6.74. The maximum Gasteiger partial charge on any atom is 0.325 e. The van der Waals surface area contributed by atoms with Crippen LogP contribution in [0.2, 0.25) is 18.1 Å². The van der Waals surface area contributed by atoms with E-state index in [1.807, 2.05) is 44.2 Å². The lowest BCUT2D eigenvalue weighted by Crippen LogP contribution is -2.68. The highest BCUT2D eigenvalue weighted by Crippen LogP contribution is 2.42. The Kier molecular flexibility index (Phi) is 8.59. The van der Waals surface area contributed by atoms with Crippen molar-refractivity contribution in [1.29, 1.82) is 0 Å². The molecule has 9 heteroatoms. The number of hydrogen-bond acceptors (Lipinski definition) is 6. The standard InChI is InChI=1S/C24H36N2O6Si/c1-17(13-14-26(29)30)22-21(18(2)32-33(6,7)24(3,4)5)23(28)25(22)15-20(27)31-16-19-11-9-8-10-12-19/h8-14,17-18,21-22H,15-16H2,1-7H3/b14-13+/t17?,18-,21-,22-/m1/s1. The van der Waals surface area contributed by atoms with Crippen LogP contribution in [0, 0.1) is 22.0 Å². The molecule has 1 aliphatic rings. The summed E-state index contributed by atoms with van der Waals surface area (Å²) >= 11 is 0. The summed E-state index contributed by atoms with van der Waals surface area (Å²) in [6, 6.07) is 8.90. The van der Waals surface area contributed by atoms with Crippen LogP contribution in [0.5, 0.6) is 0 Å². The van der Waals surface area contributed by atoms with Crippen LogP contribution < -0.4 is 0 Å². The van der Waals surface area contributed by atoms with Gasteiger partial charge in [0.15, 0.2) is 8.32 Å². The molecule has 1 amide bonds. The molecule has 1 aromatic rings. The van der Waals surface area contributed by atoms with Crippen molar-refractivity contribution in [3.8, 4) is 0 Å². The fourth-order valence-corrected chi connectivity index (χ4v) is 5.26. The number of nitrogens with zero attached hydrogens (tertiary/aromatic N) is 2. The van der Waals surface area contributed by atoms with Gasteiger partial charge in [-0.2, -0.15) is 0 Å². The van der Waals surface area contributed by atoms with Crippen molar-refractivity contribution in [1.82, 2.24) is 4.90 Å². The molecule has 1 aromatic carbocycles. The molecule has 0 aliphatic carbocycles. The molecule has 0 radical (unpaired) electrons. The third-order valence-corrected chi connectivity index (χ3v) is 11.3. The number of rotatable bonds is 10. The van der Waals surface area contributed by atoms with Gasteiger partial charge in [-0.05, 0) is 36.7 Å². The lowest BCUT2D eigenvalue weighted by Gasteiger charge is -2.52. The van der Waals surface area contributed by atoms with Gasteiger partial charge in [-0.15, -0.1) is 0 Å². The van der Waals surface area contributed by atoms with E-state index in [-0.39, 0.29) is 36.1 Å². The SMILES string of the molecule is CC(/C=C/[N+](=O)[O-])[C@@H]1[C@@H]([C@@H](C)O[Si](C)(C)C(C)(C)C)C(=O)N1CC(=O)OCc1ccccc1. The Morgan fingerprint density at radius 3 is 2.39 bits per heavy atom. The molecular formula is C24H36N2O6Si. The minimum absolute atomic E-state index is 0.0262. The number of benzene rings is 1. The Bertz CT molecular complexity index is 881. The fraction of sp³-hybridized carbons (Fsp3) is 0.583. The summed E-state index contributed by atoms with van der Waals surface area (Å²) in [4.78, 5) is 37.3. The molecule has 1 saturated heterocycles. The van der Waals surface area contributed by atoms with E-state index >= 15 is 0 Å². The van der Waals surface area contributed by atoms with E-state index in [4.69, 9.17) is 9.16 Å². The first kappa shape index (κ1) is 26.7. The van der Waals surface area contributed by atoms with E-state index in [9.17, 15) is 19.7 Å². The van der Waals surface area contributed by atoms with Crippen molar-refractivity contribution in [2.45, 2.75) is 71.5 Å². The van der Waals surface area contributed by atoms with E-state index in [2.05, 4.69) is 33.9 Å². The molecule has 0 spiro atoms. The molecule has 1 unspecified atom stereocenters. The molecule has 1 fully saturated rings. The predicted molar refractivity (Wildman–Crippen MR) is 128 cm³/mol. The van der Waals surface area contributed by atoms with Gasteiger partial charge in [-0.3, -0.25) is 19.7 Å². The number of likely N-dealkylation sites (tertiary alicyclic amines) is 1. The summed E-state index contributed by atoms with van der Waals surface area (Å²) in [5.74, 6) is -1.51. The van der Waals surface area contributed by atoms with Crippen LogP contribution in [0.3, 0.4) is 0 Å². The van der Waals surface area contributed by atoms with Crippen molar-refractivity contribution in [2.75, 3.05) is 6.54 Å². The van der Waals surface area contributed by atoms with Crippen LogP contribution in [0.25, 0.3) is 0 Å². The quantitative estimate of drug-likeness (QED) is 0.163. The number of carbonyl (C=O) groups is 2. The molecule has 0 N–H and O–H groups in total. The summed E-state index contributed by atoms with van der Waals surface area (Å²) in [7, 11) is -2.14. The number of esters is 1. The molecule has 0 aromatic heterocycles. The minimum Gasteiger partial charge on any atom is -0.459 e. The van der Waals surface area contributed by atoms with Crippen LogP contribution >= 0.6 is 0 Å². The third-order valence-electron chi connectivity index (χ3n) is 6.68. The maximum absolute atomic E-state index is 13.1. The first-order valence-corrected chi connectivity index (χ1v) is 14.1. The second-order valence-electron chi connectivity index (χ2n) is 10.2. The molecule has 2 rings (SSSR count). The van der Waals surface area contributed by atoms with Gasteiger partial charge in [0.2, 0.25) is 12.1 Å². The minimum atomic E-state index is -2.14. The zero-order chi connectivity index (χ0) is 25.0. The highest BCUT2D eigenvalue weighted by molar-refractivity contribution is 6.74. The van der Waals surface area contributed by atoms with Crippen molar-refractivity contribution < 1.29 is 23.7 Å². The smallest absolute Gasteiger partial charge is 0.325 e. The second kappa shape index (κ2) is 10.6. The Morgan fingerprint density at radius 2 is 1.85 bits per heavy atom. The Hall–Kier alpha value is -2.52. The summed E-state index contributed by atoms with van der Waals surface area (Å²) in [6.07, 6.45) is 1.98. The summed E-state index contributed by atoms with van der Waals surface area (Å²) in [5.41, 5.74) is 0.855. The van der Waals surface area contributed by atoms with Crippen molar-refractivity contribution in [3.63, 3.8) is 0 Å². The average molecular weight is 477 g/mol. The molecule has 1 aliphatic heterocycles. The summed E-state index contributed by atoms with van der Waals surface area (Å²) in [6.45, 7) is 14.2. The Morgan fingerprint density at radius 1 is 1.24 bits per heavy atom. The van der Waals surface area contributed by atoms with Crippen molar-refractivity contribution in [2.24, 2.45) is 11.8 Å². The first-order valence-electron chi connectivity index (χ1n) is 11.2. The van der Waals surface area contributed by atoms with Crippen LogP contribution in [0.15, 0.2) is 42.6 Å². The molecule has 1 heterocycles. The molecule has 0 bridgehead atoms. The monoisotopic (exact) mass is 476 g/mol. The molecule has 33 heavy (non-hydrogen) atoms. The Balaban J connectivity index is 2.14. The molecular weight excluding hydrogens is 440 g/mol. The van der Waals surface area contributed by atoms with Gasteiger partial charge in [-0.1, -0.05) is 58.0 Å². The topological polar surface area (TPSA) is 99.0 Å². The van der Waals surface area contributed by atoms with Crippen LogP contribution in [-0.4, -0.2) is 48.7 Å². The van der Waals surface area contributed by atoms with Gasteiger partial charge in [0.25, 0.3) is 0 Å². The van der Waals surface area contributed by atoms with Gasteiger partial charge in [0.1, 0.15) is 13.2 Å². The van der Waals surface area contributed by atoms with E-state index in [1.165, 1.54) is 11.0 Å². The van der Waals surface area contributed by atoms with E-state index in [0.717, 1.165) is 11.8 Å². The van der Waals surface area contributed by atoms with Crippen molar-refractivity contribution in [3.05, 3.63) is 58.3 Å². The molecule has 8 nitrogen and oxygen atoms in total. The van der Waals surface area contributed by atoms with Gasteiger partial charge < -0.3 is 14.1 Å². The van der Waals surface area contributed by atoms with Gasteiger partial charge >= 0.3 is 5.97 Å².